The highest BCUT2D eigenvalue weighted by atomic mass is 16.4. The van der Waals surface area contributed by atoms with Gasteiger partial charge in [0, 0.05) is 18.5 Å². The fourth-order valence-corrected chi connectivity index (χ4v) is 2.49. The Morgan fingerprint density at radius 3 is 1.94 bits per heavy atom. The van der Waals surface area contributed by atoms with Crippen molar-refractivity contribution >= 4 is 29.8 Å². The summed E-state index contributed by atoms with van der Waals surface area (Å²) in [5.74, 6) is -4.21. The Hall–Kier alpha value is -3.63. The maximum absolute atomic E-state index is 12.1. The zero-order chi connectivity index (χ0) is 24.5. The van der Waals surface area contributed by atoms with Crippen molar-refractivity contribution in [3.05, 3.63) is 36.0 Å². The molecule has 11 heteroatoms. The van der Waals surface area contributed by atoms with E-state index in [1.807, 2.05) is 13.0 Å². The number of carboxylic acid groups (broad SMARTS) is 3. The summed E-state index contributed by atoms with van der Waals surface area (Å²) in [6.45, 7) is 3.90. The predicted molar refractivity (Wildman–Crippen MR) is 116 cm³/mol. The van der Waals surface area contributed by atoms with E-state index < -0.39 is 42.4 Å². The number of carboxylic acids is 3. The van der Waals surface area contributed by atoms with Gasteiger partial charge in [-0.1, -0.05) is 24.3 Å². The number of aliphatic carboxylic acids is 3. The lowest BCUT2D eigenvalue weighted by molar-refractivity contribution is -0.140. The smallest absolute Gasteiger partial charge is 0.326 e. The zero-order valence-electron chi connectivity index (χ0n) is 18.2. The van der Waals surface area contributed by atoms with Gasteiger partial charge in [0.1, 0.15) is 12.1 Å². The first-order valence-corrected chi connectivity index (χ1v) is 10.1. The number of nitrogens with one attached hydrogen (secondary N) is 3. The van der Waals surface area contributed by atoms with Gasteiger partial charge in [0.2, 0.25) is 0 Å². The van der Waals surface area contributed by atoms with Crippen molar-refractivity contribution in [2.45, 2.75) is 58.0 Å². The molecule has 0 heterocycles. The maximum Gasteiger partial charge on any atom is 0.326 e. The number of urea groups is 1. The Bertz CT molecular complexity index is 758. The lowest BCUT2D eigenvalue weighted by Gasteiger charge is -2.18. The molecule has 3 amide bonds. The summed E-state index contributed by atoms with van der Waals surface area (Å²) in [5, 5.41) is 33.9. The molecule has 11 nitrogen and oxygen atoms in total. The summed E-state index contributed by atoms with van der Waals surface area (Å²) in [7, 11) is 0. The Balaban J connectivity index is 4.51. The van der Waals surface area contributed by atoms with Crippen LogP contribution in [0.4, 0.5) is 4.79 Å². The molecule has 0 fully saturated rings. The Morgan fingerprint density at radius 2 is 1.44 bits per heavy atom. The average Bonchev–Trinajstić information content (AvgIpc) is 2.72. The first kappa shape index (κ1) is 28.4. The van der Waals surface area contributed by atoms with Crippen LogP contribution in [-0.2, 0) is 19.2 Å². The summed E-state index contributed by atoms with van der Waals surface area (Å²) >= 11 is 0. The van der Waals surface area contributed by atoms with E-state index in [2.05, 4.69) is 16.0 Å². The third-order valence-corrected chi connectivity index (χ3v) is 4.21. The van der Waals surface area contributed by atoms with E-state index in [-0.39, 0.29) is 18.7 Å². The van der Waals surface area contributed by atoms with Gasteiger partial charge in [0.15, 0.2) is 0 Å². The van der Waals surface area contributed by atoms with Gasteiger partial charge >= 0.3 is 23.9 Å². The normalized spacial score (nSPS) is 13.5. The minimum Gasteiger partial charge on any atom is -0.481 e. The van der Waals surface area contributed by atoms with Crippen LogP contribution in [0.2, 0.25) is 0 Å². The molecular weight excluding hydrogens is 422 g/mol. The number of allylic oxidation sites excluding steroid dienone is 4. The molecule has 32 heavy (non-hydrogen) atoms. The molecule has 0 bridgehead atoms. The summed E-state index contributed by atoms with van der Waals surface area (Å²) in [5.41, 5.74) is 0.487. The molecule has 0 aliphatic rings. The monoisotopic (exact) mass is 453 g/mol. The first-order valence-electron chi connectivity index (χ1n) is 10.1. The van der Waals surface area contributed by atoms with Crippen molar-refractivity contribution in [2.24, 2.45) is 0 Å². The number of hydrogen-bond acceptors (Lipinski definition) is 5. The van der Waals surface area contributed by atoms with E-state index >= 15 is 0 Å². The maximum atomic E-state index is 12.1. The highest BCUT2D eigenvalue weighted by Gasteiger charge is 2.24. The molecular formula is C21H31N3O8. The minimum absolute atomic E-state index is 0.0587. The number of amides is 3. The van der Waals surface area contributed by atoms with Gasteiger partial charge in [-0.05, 0) is 45.6 Å². The van der Waals surface area contributed by atoms with E-state index in [1.54, 1.807) is 31.2 Å². The van der Waals surface area contributed by atoms with Crippen molar-refractivity contribution < 1.29 is 39.3 Å². The molecule has 0 spiro atoms. The molecule has 0 unspecified atom stereocenters. The molecule has 0 aliphatic carbocycles. The molecule has 0 rings (SSSR count). The molecule has 0 saturated heterocycles. The zero-order valence-corrected chi connectivity index (χ0v) is 18.2. The molecule has 2 atom stereocenters. The molecule has 6 N–H and O–H groups in total. The number of unbranched alkanes of at least 4 members (excludes halogenated alkanes) is 1. The fraction of sp³-hybridized carbons (Fsp3) is 0.476. The van der Waals surface area contributed by atoms with E-state index in [0.29, 0.717) is 25.0 Å². The van der Waals surface area contributed by atoms with E-state index in [0.717, 1.165) is 0 Å². The van der Waals surface area contributed by atoms with Gasteiger partial charge in [0.25, 0.3) is 5.91 Å². The van der Waals surface area contributed by atoms with Gasteiger partial charge < -0.3 is 31.3 Å². The van der Waals surface area contributed by atoms with Gasteiger partial charge in [0.05, 0.1) is 0 Å². The van der Waals surface area contributed by atoms with Gasteiger partial charge in [-0.15, -0.1) is 0 Å². The van der Waals surface area contributed by atoms with E-state index in [9.17, 15) is 29.1 Å². The number of hydrogen-bond donors (Lipinski definition) is 6. The van der Waals surface area contributed by atoms with Crippen LogP contribution >= 0.6 is 0 Å². The quantitative estimate of drug-likeness (QED) is 0.122. The third kappa shape index (κ3) is 12.8. The Morgan fingerprint density at radius 1 is 0.844 bits per heavy atom. The summed E-state index contributed by atoms with van der Waals surface area (Å²) < 4.78 is 0. The van der Waals surface area contributed by atoms with Crippen LogP contribution in [0.15, 0.2) is 36.0 Å². The summed E-state index contributed by atoms with van der Waals surface area (Å²) in [6, 6.07) is -3.75. The highest BCUT2D eigenvalue weighted by molar-refractivity contribution is 5.96. The standard InChI is InChI=1S/C21H31N3O8/c1-3-5-6-9-14(4-2)18(27)22-13-8-7-10-15(19(28)29)23-21(32)24-16(20(30)31)11-12-17(25)26/h3-6,9,15-16H,7-8,10-13H2,1-2H3,(H,22,27)(H,25,26)(H,28,29)(H,30,31)(H2,23,24,32)/b5-3-,9-6-,14-4+/t15-,16-/m0/s1. The van der Waals surface area contributed by atoms with Gasteiger partial charge in [-0.3, -0.25) is 9.59 Å². The largest absolute Gasteiger partial charge is 0.481 e. The van der Waals surface area contributed by atoms with Gasteiger partial charge in [-0.25, -0.2) is 14.4 Å². The average molecular weight is 453 g/mol. The first-order chi connectivity index (χ1) is 15.1. The van der Waals surface area contributed by atoms with Crippen molar-refractivity contribution in [1.82, 2.24) is 16.0 Å². The topological polar surface area (TPSA) is 182 Å². The third-order valence-electron chi connectivity index (χ3n) is 4.21. The number of rotatable bonds is 15. The van der Waals surface area contributed by atoms with Gasteiger partial charge in [-0.2, -0.15) is 0 Å². The lowest BCUT2D eigenvalue weighted by Crippen LogP contribution is -2.51. The number of carbonyl (C=O) groups excluding carboxylic acids is 2. The summed E-state index contributed by atoms with van der Waals surface area (Å²) in [4.78, 5) is 57.1. The van der Waals surface area contributed by atoms with Crippen molar-refractivity contribution in [2.75, 3.05) is 6.54 Å². The predicted octanol–water partition coefficient (Wildman–Crippen LogP) is 1.42. The fourth-order valence-electron chi connectivity index (χ4n) is 2.49. The molecule has 178 valence electrons. The lowest BCUT2D eigenvalue weighted by atomic mass is 10.1. The van der Waals surface area contributed by atoms with E-state index in [1.165, 1.54) is 0 Å². The van der Waals surface area contributed by atoms with Crippen LogP contribution in [0.1, 0.15) is 46.0 Å². The second kappa shape index (κ2) is 16.1. The van der Waals surface area contributed by atoms with Crippen molar-refractivity contribution in [1.29, 1.82) is 0 Å². The van der Waals surface area contributed by atoms with Crippen LogP contribution in [-0.4, -0.2) is 63.8 Å². The van der Waals surface area contributed by atoms with Crippen molar-refractivity contribution in [3.63, 3.8) is 0 Å². The van der Waals surface area contributed by atoms with Crippen molar-refractivity contribution in [3.8, 4) is 0 Å². The second-order valence-electron chi connectivity index (χ2n) is 6.71. The Kier molecular flexibility index (Phi) is 14.3. The van der Waals surface area contributed by atoms with Crippen LogP contribution in [0.5, 0.6) is 0 Å². The molecule has 0 aromatic carbocycles. The van der Waals surface area contributed by atoms with Crippen LogP contribution < -0.4 is 16.0 Å². The van der Waals surface area contributed by atoms with E-state index in [4.69, 9.17) is 10.2 Å². The molecule has 0 aliphatic heterocycles. The Labute approximate surface area is 186 Å². The highest BCUT2D eigenvalue weighted by Crippen LogP contribution is 2.04. The van der Waals surface area contributed by atoms with Crippen LogP contribution in [0, 0.1) is 0 Å². The minimum atomic E-state index is -1.46. The van der Waals surface area contributed by atoms with Crippen LogP contribution in [0.3, 0.4) is 0 Å². The van der Waals surface area contributed by atoms with Crippen LogP contribution in [0.25, 0.3) is 0 Å². The summed E-state index contributed by atoms with van der Waals surface area (Å²) in [6.07, 6.45) is 8.77. The molecule has 0 saturated carbocycles. The molecule has 0 aromatic heterocycles. The molecule has 0 radical (unpaired) electrons. The number of carbonyl (C=O) groups is 5. The SMILES string of the molecule is C\C=C/C=C\C(=C/C)C(=O)NCCCC[C@H](NC(=O)N[C@@H](CCC(=O)O)C(=O)O)C(=O)O. The second-order valence-corrected chi connectivity index (χ2v) is 6.71. The molecule has 0 aromatic rings.